The van der Waals surface area contributed by atoms with E-state index in [0.29, 0.717) is 25.3 Å². The lowest BCUT2D eigenvalue weighted by atomic mass is 10.1. The minimum Gasteiger partial charge on any atom is -0.400 e. The van der Waals surface area contributed by atoms with Gasteiger partial charge in [-0.25, -0.2) is 4.79 Å². The molecule has 2 heterocycles. The van der Waals surface area contributed by atoms with Crippen LogP contribution in [0.3, 0.4) is 0 Å². The minimum absolute atomic E-state index is 0.121. The Bertz CT molecular complexity index is 1020. The van der Waals surface area contributed by atoms with Gasteiger partial charge in [0.1, 0.15) is 0 Å². The number of benzene rings is 2. The molecule has 3 aromatic rings. The summed E-state index contributed by atoms with van der Waals surface area (Å²) in [6, 6.07) is 13.1. The molecule has 204 valence electrons. The Morgan fingerprint density at radius 1 is 0.833 bits per heavy atom. The summed E-state index contributed by atoms with van der Waals surface area (Å²) in [5.41, 5.74) is 1.56. The number of imidazole rings is 1. The van der Waals surface area contributed by atoms with Crippen molar-refractivity contribution in [3.63, 3.8) is 0 Å². The van der Waals surface area contributed by atoms with Crippen molar-refractivity contribution in [2.45, 2.75) is 54.3 Å². The zero-order chi connectivity index (χ0) is 27.7. The van der Waals surface area contributed by atoms with Gasteiger partial charge >= 0.3 is 11.9 Å². The molecule has 9 heteroatoms. The predicted molar refractivity (Wildman–Crippen MR) is 145 cm³/mol. The van der Waals surface area contributed by atoms with Crippen LogP contribution in [0.25, 0.3) is 11.0 Å². The standard InChI is InChI=1S/C20H21F3N4O.3C2H6.CH4O/c21-20(22,23)15-4-3-5-16(14-15)26-11-8-25(9-12-26)10-13-27-18-7-2-1-6-17(18)24-19(27)28;4*1-2/h1-7,14H,8-13H2,(H,24,28);3*1-2H3;2H,1H3. The molecule has 4 rings (SSSR count). The number of halogens is 3. The molecule has 0 amide bonds. The van der Waals surface area contributed by atoms with Crippen molar-refractivity contribution in [3.05, 3.63) is 64.6 Å². The first-order chi connectivity index (χ1) is 17.4. The molecule has 1 aliphatic heterocycles. The first kappa shape index (κ1) is 33.2. The van der Waals surface area contributed by atoms with Crippen LogP contribution in [0.5, 0.6) is 0 Å². The molecule has 0 spiro atoms. The number of alkyl halides is 3. The monoisotopic (exact) mass is 512 g/mol. The van der Waals surface area contributed by atoms with Gasteiger partial charge in [0.2, 0.25) is 0 Å². The van der Waals surface area contributed by atoms with Crippen LogP contribution >= 0.6 is 0 Å². The van der Waals surface area contributed by atoms with Crippen LogP contribution in [0.4, 0.5) is 18.9 Å². The van der Waals surface area contributed by atoms with E-state index in [1.165, 1.54) is 12.1 Å². The maximum Gasteiger partial charge on any atom is 0.416 e. The van der Waals surface area contributed by atoms with Gasteiger partial charge in [-0.2, -0.15) is 13.2 Å². The number of para-hydroxylation sites is 2. The SMILES string of the molecule is CC.CC.CC.CO.O=c1[nH]c2ccccc2n1CCN1CCN(c2cccc(C(F)(F)F)c2)CC1. The number of nitrogens with zero attached hydrogens (tertiary/aromatic N) is 3. The number of rotatable bonds is 4. The Hall–Kier alpha value is -2.78. The molecule has 36 heavy (non-hydrogen) atoms. The number of hydrogen-bond acceptors (Lipinski definition) is 4. The number of aliphatic hydroxyl groups is 1. The molecule has 0 bridgehead atoms. The van der Waals surface area contributed by atoms with E-state index in [1.54, 1.807) is 10.6 Å². The molecule has 0 atom stereocenters. The zero-order valence-corrected chi connectivity index (χ0v) is 22.7. The third-order valence-corrected chi connectivity index (χ3v) is 5.23. The van der Waals surface area contributed by atoms with Crippen LogP contribution in [0, 0.1) is 0 Å². The van der Waals surface area contributed by atoms with E-state index in [1.807, 2.05) is 70.7 Å². The lowest BCUT2D eigenvalue weighted by molar-refractivity contribution is -0.137. The van der Waals surface area contributed by atoms with Gasteiger partial charge in [-0.15, -0.1) is 0 Å². The number of anilines is 1. The second-order valence-corrected chi connectivity index (χ2v) is 6.98. The topological polar surface area (TPSA) is 64.5 Å². The number of nitrogens with one attached hydrogen (secondary N) is 1. The van der Waals surface area contributed by atoms with Crippen molar-refractivity contribution in [1.82, 2.24) is 14.5 Å². The van der Waals surface area contributed by atoms with Gasteiger partial charge in [0.15, 0.2) is 0 Å². The Balaban J connectivity index is 0.00000140. The Labute approximate surface area is 213 Å². The van der Waals surface area contributed by atoms with E-state index in [0.717, 1.165) is 43.8 Å². The number of fused-ring (bicyclic) bond motifs is 1. The van der Waals surface area contributed by atoms with Gasteiger partial charge in [0.05, 0.1) is 16.6 Å². The Morgan fingerprint density at radius 3 is 2.00 bits per heavy atom. The maximum atomic E-state index is 12.9. The van der Waals surface area contributed by atoms with Crippen LogP contribution < -0.4 is 10.6 Å². The lowest BCUT2D eigenvalue weighted by Crippen LogP contribution is -2.47. The normalized spacial score (nSPS) is 13.1. The smallest absolute Gasteiger partial charge is 0.400 e. The number of aromatic nitrogens is 2. The Morgan fingerprint density at radius 2 is 1.42 bits per heavy atom. The van der Waals surface area contributed by atoms with E-state index >= 15 is 0 Å². The summed E-state index contributed by atoms with van der Waals surface area (Å²) < 4.78 is 40.5. The highest BCUT2D eigenvalue weighted by Crippen LogP contribution is 2.31. The quantitative estimate of drug-likeness (QED) is 0.460. The summed E-state index contributed by atoms with van der Waals surface area (Å²) in [5, 5.41) is 7.00. The Kier molecular flexibility index (Phi) is 16.3. The zero-order valence-electron chi connectivity index (χ0n) is 22.7. The molecule has 1 aliphatic rings. The van der Waals surface area contributed by atoms with E-state index in [2.05, 4.69) is 9.88 Å². The van der Waals surface area contributed by atoms with Gasteiger partial charge in [-0.05, 0) is 30.3 Å². The molecule has 0 saturated carbocycles. The molecule has 6 nitrogen and oxygen atoms in total. The lowest BCUT2D eigenvalue weighted by Gasteiger charge is -2.36. The van der Waals surface area contributed by atoms with Gasteiger partial charge in [0.25, 0.3) is 0 Å². The average Bonchev–Trinajstić information content (AvgIpc) is 3.26. The number of H-pyrrole nitrogens is 1. The molecule has 2 N–H and O–H groups in total. The second-order valence-electron chi connectivity index (χ2n) is 6.98. The van der Waals surface area contributed by atoms with Crippen molar-refractivity contribution in [3.8, 4) is 0 Å². The fourth-order valence-electron chi connectivity index (χ4n) is 3.68. The van der Waals surface area contributed by atoms with Crippen molar-refractivity contribution in [2.24, 2.45) is 0 Å². The molecule has 0 radical (unpaired) electrons. The molecule has 0 aliphatic carbocycles. The largest absolute Gasteiger partial charge is 0.416 e. The van der Waals surface area contributed by atoms with Crippen LogP contribution in [0.1, 0.15) is 47.1 Å². The van der Waals surface area contributed by atoms with E-state index in [9.17, 15) is 18.0 Å². The van der Waals surface area contributed by atoms with Crippen LogP contribution in [0.2, 0.25) is 0 Å². The van der Waals surface area contributed by atoms with Crippen molar-refractivity contribution in [1.29, 1.82) is 0 Å². The van der Waals surface area contributed by atoms with Crippen molar-refractivity contribution >= 4 is 16.7 Å². The molecule has 2 aromatic carbocycles. The average molecular weight is 513 g/mol. The number of aromatic amines is 1. The van der Waals surface area contributed by atoms with Crippen LogP contribution in [-0.2, 0) is 12.7 Å². The first-order valence-corrected chi connectivity index (χ1v) is 12.7. The number of piperazine rings is 1. The van der Waals surface area contributed by atoms with Crippen LogP contribution in [-0.4, -0.2) is 59.4 Å². The summed E-state index contributed by atoms with van der Waals surface area (Å²) in [5.74, 6) is 0. The van der Waals surface area contributed by atoms with Gasteiger partial charge in [-0.1, -0.05) is 59.7 Å². The summed E-state index contributed by atoms with van der Waals surface area (Å²) in [4.78, 5) is 19.2. The third-order valence-electron chi connectivity index (χ3n) is 5.23. The van der Waals surface area contributed by atoms with Gasteiger partial charge in [0, 0.05) is 52.1 Å². The first-order valence-electron chi connectivity index (χ1n) is 12.7. The predicted octanol–water partition coefficient (Wildman–Crippen LogP) is 5.86. The van der Waals surface area contributed by atoms with E-state index in [-0.39, 0.29) is 5.69 Å². The molecule has 0 unspecified atom stereocenters. The number of hydrogen-bond donors (Lipinski definition) is 2. The molecule has 1 fully saturated rings. The summed E-state index contributed by atoms with van der Waals surface area (Å²) in [6.07, 6.45) is -4.33. The van der Waals surface area contributed by atoms with E-state index in [4.69, 9.17) is 5.11 Å². The third kappa shape index (κ3) is 9.35. The van der Waals surface area contributed by atoms with Gasteiger partial charge < -0.3 is 15.0 Å². The van der Waals surface area contributed by atoms with Gasteiger partial charge in [-0.3, -0.25) is 9.47 Å². The highest BCUT2D eigenvalue weighted by atomic mass is 19.4. The van der Waals surface area contributed by atoms with E-state index < -0.39 is 11.7 Å². The minimum atomic E-state index is -4.33. The van der Waals surface area contributed by atoms with Crippen molar-refractivity contribution in [2.75, 3.05) is 44.7 Å². The second kappa shape index (κ2) is 17.6. The maximum absolute atomic E-state index is 12.9. The number of aliphatic hydroxyl groups excluding tert-OH is 1. The fourth-order valence-corrected chi connectivity index (χ4v) is 3.68. The highest BCUT2D eigenvalue weighted by Gasteiger charge is 2.31. The summed E-state index contributed by atoms with van der Waals surface area (Å²) in [6.45, 7) is 16.1. The molecular weight excluding hydrogens is 469 g/mol. The molecular formula is C27H43F3N4O2. The summed E-state index contributed by atoms with van der Waals surface area (Å²) in [7, 11) is 1.00. The highest BCUT2D eigenvalue weighted by molar-refractivity contribution is 5.74. The summed E-state index contributed by atoms with van der Waals surface area (Å²) >= 11 is 0. The van der Waals surface area contributed by atoms with Crippen LogP contribution in [0.15, 0.2) is 53.3 Å². The molecule has 1 saturated heterocycles. The fraction of sp³-hybridized carbons (Fsp3) is 0.519. The van der Waals surface area contributed by atoms with Crippen molar-refractivity contribution < 1.29 is 18.3 Å². The molecule has 1 aromatic heterocycles.